The van der Waals surface area contributed by atoms with Gasteiger partial charge in [-0.1, -0.05) is 6.07 Å². The summed E-state index contributed by atoms with van der Waals surface area (Å²) in [6.07, 6.45) is -1.66. The first-order chi connectivity index (χ1) is 11.0. The number of benzene rings is 1. The minimum Gasteiger partial charge on any atom is -0.259 e. The molecule has 1 aromatic carbocycles. The molecule has 2 heterocycles. The molecule has 0 fully saturated rings. The molecule has 0 bridgehead atoms. The lowest BCUT2D eigenvalue weighted by Crippen LogP contribution is -2.07. The lowest BCUT2D eigenvalue weighted by molar-refractivity contribution is -0.137. The topological polar surface area (TPSA) is 91.1 Å². The number of aromatic nitrogens is 5. The van der Waals surface area contributed by atoms with Crippen LogP contribution in [0.4, 0.5) is 13.2 Å². The van der Waals surface area contributed by atoms with Gasteiger partial charge in [-0.15, -0.1) is 0 Å². The molecule has 0 saturated heterocycles. The molecule has 9 heteroatoms. The molecule has 1 N–H and O–H groups in total. The number of nitrogens with one attached hydrogen (secondary N) is 1. The first-order valence-corrected chi connectivity index (χ1v) is 6.30. The highest BCUT2D eigenvalue weighted by molar-refractivity contribution is 5.63. The van der Waals surface area contributed by atoms with Crippen molar-refractivity contribution in [2.75, 3.05) is 0 Å². The van der Waals surface area contributed by atoms with E-state index in [1.807, 2.05) is 0 Å². The third-order valence-electron chi connectivity index (χ3n) is 3.05. The average molecular weight is 316 g/mol. The molecular weight excluding hydrogens is 309 g/mol. The van der Waals surface area contributed by atoms with Gasteiger partial charge in [0.05, 0.1) is 29.6 Å². The summed E-state index contributed by atoms with van der Waals surface area (Å²) in [5.41, 5.74) is -0.523. The van der Waals surface area contributed by atoms with Gasteiger partial charge < -0.3 is 0 Å². The van der Waals surface area contributed by atoms with Crippen molar-refractivity contribution in [3.8, 4) is 28.8 Å². The number of aromatic amines is 1. The zero-order chi connectivity index (χ0) is 16.4. The number of H-pyrrole nitrogens is 1. The first kappa shape index (κ1) is 14.6. The molecule has 0 aliphatic carbocycles. The summed E-state index contributed by atoms with van der Waals surface area (Å²) in [4.78, 5) is 4.19. The van der Waals surface area contributed by atoms with Crippen LogP contribution in [0.25, 0.3) is 22.8 Å². The van der Waals surface area contributed by atoms with E-state index in [0.717, 1.165) is 12.1 Å². The fourth-order valence-electron chi connectivity index (χ4n) is 1.97. The summed E-state index contributed by atoms with van der Waals surface area (Å²) in [6.45, 7) is 0. The summed E-state index contributed by atoms with van der Waals surface area (Å²) in [6, 6.07) is 6.41. The molecule has 3 rings (SSSR count). The van der Waals surface area contributed by atoms with Crippen LogP contribution in [0.15, 0.2) is 36.7 Å². The van der Waals surface area contributed by atoms with Gasteiger partial charge in [-0.3, -0.25) is 5.10 Å². The molecule has 0 radical (unpaired) electrons. The van der Waals surface area contributed by atoms with Crippen LogP contribution in [0.1, 0.15) is 11.1 Å². The Morgan fingerprint density at radius 1 is 1.09 bits per heavy atom. The Balaban J connectivity index is 2.01. The smallest absolute Gasteiger partial charge is 0.259 e. The second-order valence-electron chi connectivity index (χ2n) is 4.51. The molecular formula is C14H7F3N6. The van der Waals surface area contributed by atoms with E-state index in [4.69, 9.17) is 5.26 Å². The van der Waals surface area contributed by atoms with Crippen molar-refractivity contribution in [1.29, 1.82) is 5.26 Å². The van der Waals surface area contributed by atoms with Crippen LogP contribution < -0.4 is 0 Å². The lowest BCUT2D eigenvalue weighted by Gasteiger charge is -2.09. The van der Waals surface area contributed by atoms with Gasteiger partial charge in [0.15, 0.2) is 11.6 Å². The predicted molar refractivity (Wildman–Crippen MR) is 72.6 cm³/mol. The van der Waals surface area contributed by atoms with Crippen molar-refractivity contribution < 1.29 is 13.2 Å². The van der Waals surface area contributed by atoms with Crippen LogP contribution >= 0.6 is 0 Å². The Kier molecular flexibility index (Phi) is 3.50. The number of alkyl halides is 3. The first-order valence-electron chi connectivity index (χ1n) is 6.30. The SMILES string of the molecule is N#Cc1cc(-c2nc(-c3ccnnc3)n[nH]2)ccc1C(F)(F)F. The molecule has 0 saturated carbocycles. The molecule has 0 aliphatic heterocycles. The number of rotatable bonds is 2. The van der Waals surface area contributed by atoms with E-state index in [1.165, 1.54) is 18.5 Å². The number of nitrogens with zero attached hydrogens (tertiary/aromatic N) is 5. The standard InChI is InChI=1S/C14H7F3N6/c15-14(16,17)11-2-1-8(5-10(11)6-18)12-21-13(23-22-12)9-3-4-19-20-7-9/h1-5,7H,(H,21,22,23). The Bertz CT molecular complexity index is 880. The molecule has 23 heavy (non-hydrogen) atoms. The van der Waals surface area contributed by atoms with Crippen molar-refractivity contribution in [3.05, 3.63) is 47.8 Å². The summed E-state index contributed by atoms with van der Waals surface area (Å²) < 4.78 is 38.4. The molecule has 0 amide bonds. The maximum Gasteiger partial charge on any atom is 0.417 e. The lowest BCUT2D eigenvalue weighted by atomic mass is 10.0. The maximum atomic E-state index is 12.8. The second kappa shape index (κ2) is 5.49. The molecule has 114 valence electrons. The van der Waals surface area contributed by atoms with Gasteiger partial charge in [0.1, 0.15) is 0 Å². The quantitative estimate of drug-likeness (QED) is 0.785. The van der Waals surface area contributed by atoms with E-state index in [1.54, 1.807) is 12.1 Å². The normalized spacial score (nSPS) is 11.2. The summed E-state index contributed by atoms with van der Waals surface area (Å²) in [5, 5.41) is 22.9. The minimum absolute atomic E-state index is 0.252. The average Bonchev–Trinajstić information content (AvgIpc) is 3.04. The van der Waals surface area contributed by atoms with Gasteiger partial charge in [-0.05, 0) is 18.2 Å². The van der Waals surface area contributed by atoms with E-state index < -0.39 is 17.3 Å². The van der Waals surface area contributed by atoms with Crippen molar-refractivity contribution in [2.24, 2.45) is 0 Å². The van der Waals surface area contributed by atoms with Gasteiger partial charge in [0.25, 0.3) is 0 Å². The minimum atomic E-state index is -4.58. The van der Waals surface area contributed by atoms with Gasteiger partial charge >= 0.3 is 6.18 Å². The third kappa shape index (κ3) is 2.87. The molecule has 6 nitrogen and oxygen atoms in total. The van der Waals surface area contributed by atoms with E-state index in [9.17, 15) is 13.2 Å². The summed E-state index contributed by atoms with van der Waals surface area (Å²) in [7, 11) is 0. The number of nitriles is 1. The summed E-state index contributed by atoms with van der Waals surface area (Å²) >= 11 is 0. The molecule has 0 unspecified atom stereocenters. The highest BCUT2D eigenvalue weighted by Gasteiger charge is 2.33. The Labute approximate surface area is 127 Å². The largest absolute Gasteiger partial charge is 0.417 e. The number of hydrogen-bond donors (Lipinski definition) is 1. The van der Waals surface area contributed by atoms with Crippen molar-refractivity contribution >= 4 is 0 Å². The Hall–Kier alpha value is -3.28. The zero-order valence-electron chi connectivity index (χ0n) is 11.3. The van der Waals surface area contributed by atoms with Gasteiger partial charge in [0, 0.05) is 11.1 Å². The van der Waals surface area contributed by atoms with Crippen molar-refractivity contribution in [3.63, 3.8) is 0 Å². The number of halogens is 3. The molecule has 2 aromatic heterocycles. The highest BCUT2D eigenvalue weighted by Crippen LogP contribution is 2.33. The van der Waals surface area contributed by atoms with Crippen LogP contribution in [0.2, 0.25) is 0 Å². The molecule has 3 aromatic rings. The fourth-order valence-corrected chi connectivity index (χ4v) is 1.97. The Morgan fingerprint density at radius 3 is 2.57 bits per heavy atom. The van der Waals surface area contributed by atoms with Crippen molar-refractivity contribution in [2.45, 2.75) is 6.18 Å². The monoisotopic (exact) mass is 316 g/mol. The van der Waals surface area contributed by atoms with Gasteiger partial charge in [-0.2, -0.15) is 33.7 Å². The van der Waals surface area contributed by atoms with Crippen LogP contribution in [-0.2, 0) is 6.18 Å². The van der Waals surface area contributed by atoms with E-state index in [2.05, 4.69) is 25.4 Å². The van der Waals surface area contributed by atoms with Crippen LogP contribution in [0, 0.1) is 11.3 Å². The second-order valence-corrected chi connectivity index (χ2v) is 4.51. The van der Waals surface area contributed by atoms with E-state index >= 15 is 0 Å². The summed E-state index contributed by atoms with van der Waals surface area (Å²) in [5.74, 6) is 0.579. The Morgan fingerprint density at radius 2 is 1.91 bits per heavy atom. The van der Waals surface area contributed by atoms with Crippen molar-refractivity contribution in [1.82, 2.24) is 25.4 Å². The van der Waals surface area contributed by atoms with Crippen LogP contribution in [0.5, 0.6) is 0 Å². The highest BCUT2D eigenvalue weighted by atomic mass is 19.4. The molecule has 0 atom stereocenters. The predicted octanol–water partition coefficient (Wildman–Crippen LogP) is 2.82. The third-order valence-corrected chi connectivity index (χ3v) is 3.05. The van der Waals surface area contributed by atoms with E-state index in [-0.39, 0.29) is 5.82 Å². The van der Waals surface area contributed by atoms with Gasteiger partial charge in [-0.25, -0.2) is 4.98 Å². The number of hydrogen-bond acceptors (Lipinski definition) is 5. The zero-order valence-corrected chi connectivity index (χ0v) is 11.3. The van der Waals surface area contributed by atoms with Crippen LogP contribution in [0.3, 0.4) is 0 Å². The maximum absolute atomic E-state index is 12.8. The molecule has 0 spiro atoms. The van der Waals surface area contributed by atoms with Gasteiger partial charge in [0.2, 0.25) is 0 Å². The fraction of sp³-hybridized carbons (Fsp3) is 0.0714. The van der Waals surface area contributed by atoms with E-state index in [0.29, 0.717) is 17.0 Å². The molecule has 0 aliphatic rings. The van der Waals surface area contributed by atoms with Crippen LogP contribution in [-0.4, -0.2) is 25.4 Å².